The molecule has 0 atom stereocenters. The first-order valence-corrected chi connectivity index (χ1v) is 7.18. The maximum atomic E-state index is 12.2. The summed E-state index contributed by atoms with van der Waals surface area (Å²) in [6, 6.07) is 5.45. The number of hydrogen-bond donors (Lipinski definition) is 1. The summed E-state index contributed by atoms with van der Waals surface area (Å²) in [7, 11) is 2.02. The minimum absolute atomic E-state index is 0. The van der Waals surface area contributed by atoms with Gasteiger partial charge in [0.05, 0.1) is 5.69 Å². The van der Waals surface area contributed by atoms with E-state index in [2.05, 4.69) is 23.7 Å². The van der Waals surface area contributed by atoms with Crippen LogP contribution in [0.15, 0.2) is 29.2 Å². The summed E-state index contributed by atoms with van der Waals surface area (Å²) in [5.74, 6) is 0. The monoisotopic (exact) mass is 324 g/mol. The van der Waals surface area contributed by atoms with Gasteiger partial charge in [-0.3, -0.25) is 14.1 Å². The van der Waals surface area contributed by atoms with Gasteiger partial charge >= 0.3 is 0 Å². The van der Waals surface area contributed by atoms with Crippen LogP contribution < -0.4 is 11.3 Å². The van der Waals surface area contributed by atoms with Gasteiger partial charge < -0.3 is 5.73 Å². The fourth-order valence-electron chi connectivity index (χ4n) is 2.47. The molecule has 0 aromatic carbocycles. The fraction of sp³-hybridized carbons (Fsp3) is 0.500. The quantitative estimate of drug-likeness (QED) is 0.911. The SMILES string of the molecule is Cc1ccc2nc(CN(C)CC(C)(C)CN)cc(=O)n2c1.Cl. The Morgan fingerprint density at radius 3 is 2.68 bits per heavy atom. The van der Waals surface area contributed by atoms with Crippen LogP contribution in [-0.4, -0.2) is 34.4 Å². The molecule has 5 nitrogen and oxygen atoms in total. The number of hydrogen-bond acceptors (Lipinski definition) is 4. The topological polar surface area (TPSA) is 63.6 Å². The Labute approximate surface area is 137 Å². The average Bonchev–Trinajstić information content (AvgIpc) is 2.39. The van der Waals surface area contributed by atoms with Crippen LogP contribution in [0.1, 0.15) is 25.1 Å². The van der Waals surface area contributed by atoms with Crippen molar-refractivity contribution in [1.82, 2.24) is 14.3 Å². The second-order valence-corrected chi connectivity index (χ2v) is 6.56. The Kier molecular flexibility index (Phi) is 6.11. The van der Waals surface area contributed by atoms with E-state index in [1.165, 1.54) is 0 Å². The summed E-state index contributed by atoms with van der Waals surface area (Å²) in [5.41, 5.74) is 8.30. The largest absolute Gasteiger partial charge is 0.330 e. The fourth-order valence-corrected chi connectivity index (χ4v) is 2.47. The molecule has 122 valence electrons. The molecule has 2 rings (SSSR count). The smallest absolute Gasteiger partial charge is 0.258 e. The molecule has 0 aliphatic rings. The van der Waals surface area contributed by atoms with Crippen LogP contribution in [0.4, 0.5) is 0 Å². The molecule has 22 heavy (non-hydrogen) atoms. The number of aryl methyl sites for hydroxylation is 1. The van der Waals surface area contributed by atoms with E-state index in [9.17, 15) is 4.79 Å². The Morgan fingerprint density at radius 1 is 1.36 bits per heavy atom. The molecule has 2 aromatic rings. The minimum atomic E-state index is -0.0369. The molecule has 0 spiro atoms. The van der Waals surface area contributed by atoms with E-state index in [4.69, 9.17) is 5.73 Å². The number of aromatic nitrogens is 2. The van der Waals surface area contributed by atoms with Gasteiger partial charge in [0.1, 0.15) is 5.65 Å². The Morgan fingerprint density at radius 2 is 2.05 bits per heavy atom. The molecule has 0 radical (unpaired) electrons. The Bertz CT molecular complexity index is 696. The Balaban J connectivity index is 0.00000242. The van der Waals surface area contributed by atoms with Crippen molar-refractivity contribution in [2.75, 3.05) is 20.1 Å². The lowest BCUT2D eigenvalue weighted by Gasteiger charge is -2.28. The van der Waals surface area contributed by atoms with Gasteiger partial charge in [-0.1, -0.05) is 19.9 Å². The van der Waals surface area contributed by atoms with E-state index < -0.39 is 0 Å². The number of nitrogens with zero attached hydrogens (tertiary/aromatic N) is 3. The van der Waals surface area contributed by atoms with Crippen molar-refractivity contribution in [1.29, 1.82) is 0 Å². The second kappa shape index (κ2) is 7.22. The molecule has 0 amide bonds. The van der Waals surface area contributed by atoms with Crippen LogP contribution in [0.25, 0.3) is 5.65 Å². The number of rotatable bonds is 5. The molecule has 0 saturated carbocycles. The zero-order valence-electron chi connectivity index (χ0n) is 13.7. The maximum Gasteiger partial charge on any atom is 0.258 e. The van der Waals surface area contributed by atoms with Gasteiger partial charge in [-0.05, 0) is 37.6 Å². The summed E-state index contributed by atoms with van der Waals surface area (Å²) in [6.45, 7) is 8.36. The van der Waals surface area contributed by atoms with E-state index >= 15 is 0 Å². The van der Waals surface area contributed by atoms with Gasteiger partial charge in [-0.25, -0.2) is 4.98 Å². The lowest BCUT2D eigenvalue weighted by Crippen LogP contribution is -2.36. The maximum absolute atomic E-state index is 12.2. The van der Waals surface area contributed by atoms with Crippen LogP contribution in [-0.2, 0) is 6.54 Å². The highest BCUT2D eigenvalue weighted by molar-refractivity contribution is 5.85. The predicted molar refractivity (Wildman–Crippen MR) is 92.6 cm³/mol. The van der Waals surface area contributed by atoms with Gasteiger partial charge in [0, 0.05) is 25.4 Å². The van der Waals surface area contributed by atoms with Crippen LogP contribution in [0.2, 0.25) is 0 Å². The molecule has 0 aliphatic heterocycles. The summed E-state index contributed by atoms with van der Waals surface area (Å²) in [5, 5.41) is 0. The molecule has 2 heterocycles. The summed E-state index contributed by atoms with van der Waals surface area (Å²) in [4.78, 5) is 18.9. The molecular formula is C16H25ClN4O. The predicted octanol–water partition coefficient (Wildman–Crippen LogP) is 1.84. The molecule has 0 saturated heterocycles. The number of halogens is 1. The highest BCUT2D eigenvalue weighted by Crippen LogP contribution is 2.15. The van der Waals surface area contributed by atoms with Crippen molar-refractivity contribution in [3.8, 4) is 0 Å². The van der Waals surface area contributed by atoms with Crippen LogP contribution in [0, 0.1) is 12.3 Å². The molecule has 2 N–H and O–H groups in total. The molecule has 0 aliphatic carbocycles. The van der Waals surface area contributed by atoms with E-state index in [0.717, 1.165) is 17.8 Å². The van der Waals surface area contributed by atoms with Crippen molar-refractivity contribution in [2.45, 2.75) is 27.3 Å². The first-order chi connectivity index (χ1) is 9.80. The minimum Gasteiger partial charge on any atom is -0.330 e. The molecule has 0 unspecified atom stereocenters. The van der Waals surface area contributed by atoms with Crippen molar-refractivity contribution in [3.63, 3.8) is 0 Å². The standard InChI is InChI=1S/C16H24N4O.ClH/c1-12-5-6-14-18-13(7-15(21)20(14)8-12)9-19(4)11-16(2,3)10-17;/h5-8H,9-11,17H2,1-4H3;1H. The third-order valence-electron chi connectivity index (χ3n) is 3.54. The summed E-state index contributed by atoms with van der Waals surface area (Å²) >= 11 is 0. The van der Waals surface area contributed by atoms with Gasteiger partial charge in [-0.2, -0.15) is 0 Å². The molecule has 2 aromatic heterocycles. The van der Waals surface area contributed by atoms with Crippen molar-refractivity contribution in [2.24, 2.45) is 11.1 Å². The third-order valence-corrected chi connectivity index (χ3v) is 3.54. The van der Waals surface area contributed by atoms with Gasteiger partial charge in [0.2, 0.25) is 0 Å². The average molecular weight is 325 g/mol. The molecule has 6 heteroatoms. The van der Waals surface area contributed by atoms with Gasteiger partial charge in [0.15, 0.2) is 0 Å². The first-order valence-electron chi connectivity index (χ1n) is 7.18. The summed E-state index contributed by atoms with van der Waals surface area (Å²) < 4.78 is 1.59. The van der Waals surface area contributed by atoms with E-state index in [1.54, 1.807) is 10.5 Å². The zero-order chi connectivity index (χ0) is 15.6. The number of nitrogens with two attached hydrogens (primary N) is 1. The lowest BCUT2D eigenvalue weighted by molar-refractivity contribution is 0.208. The molecule has 0 fully saturated rings. The van der Waals surface area contributed by atoms with Crippen molar-refractivity contribution < 1.29 is 0 Å². The van der Waals surface area contributed by atoms with E-state index in [1.807, 2.05) is 32.3 Å². The van der Waals surface area contributed by atoms with Crippen LogP contribution in [0.5, 0.6) is 0 Å². The van der Waals surface area contributed by atoms with Crippen molar-refractivity contribution >= 4 is 18.1 Å². The van der Waals surface area contributed by atoms with Crippen LogP contribution >= 0.6 is 12.4 Å². The Hall–Kier alpha value is -1.43. The van der Waals surface area contributed by atoms with E-state index in [0.29, 0.717) is 18.7 Å². The lowest BCUT2D eigenvalue weighted by atomic mass is 9.93. The normalized spacial score (nSPS) is 11.7. The van der Waals surface area contributed by atoms with Crippen molar-refractivity contribution in [3.05, 3.63) is 46.0 Å². The summed E-state index contributed by atoms with van der Waals surface area (Å²) in [6.07, 6.45) is 1.82. The third kappa shape index (κ3) is 4.53. The highest BCUT2D eigenvalue weighted by atomic mass is 35.5. The second-order valence-electron chi connectivity index (χ2n) is 6.56. The number of pyridine rings is 1. The number of fused-ring (bicyclic) bond motifs is 1. The first kappa shape index (κ1) is 18.6. The van der Waals surface area contributed by atoms with Gasteiger partial charge in [0.25, 0.3) is 5.56 Å². The van der Waals surface area contributed by atoms with E-state index in [-0.39, 0.29) is 23.4 Å². The van der Waals surface area contributed by atoms with Crippen LogP contribution in [0.3, 0.4) is 0 Å². The highest BCUT2D eigenvalue weighted by Gasteiger charge is 2.18. The van der Waals surface area contributed by atoms with Gasteiger partial charge in [-0.15, -0.1) is 12.4 Å². The molecule has 0 bridgehead atoms. The zero-order valence-corrected chi connectivity index (χ0v) is 14.5. The molecular weight excluding hydrogens is 300 g/mol.